The number of anilines is 1. The lowest BCUT2D eigenvalue weighted by molar-refractivity contribution is -0.137. The summed E-state index contributed by atoms with van der Waals surface area (Å²) >= 11 is 0. The van der Waals surface area contributed by atoms with Crippen molar-refractivity contribution in [1.82, 2.24) is 4.90 Å². The standard InChI is InChI=1S/C15H19F3N2O2/c1-10-5-7-20(8-6-10)14(21)19-13-4-3-11(22-2)9-12(13)15(16,17)18/h3-4,9-10H,5-8H2,1-2H3,(H,19,21). The maximum atomic E-state index is 13.1. The van der Waals surface area contributed by atoms with E-state index in [4.69, 9.17) is 4.74 Å². The van der Waals surface area contributed by atoms with Gasteiger partial charge in [-0.1, -0.05) is 6.92 Å². The average Bonchev–Trinajstić information content (AvgIpc) is 2.47. The molecule has 0 radical (unpaired) electrons. The van der Waals surface area contributed by atoms with Gasteiger partial charge in [-0.05, 0) is 37.0 Å². The Balaban J connectivity index is 2.16. The lowest BCUT2D eigenvalue weighted by atomic mass is 10.00. The van der Waals surface area contributed by atoms with Crippen LogP contribution < -0.4 is 10.1 Å². The van der Waals surface area contributed by atoms with Crippen LogP contribution in [0.3, 0.4) is 0 Å². The van der Waals surface area contributed by atoms with Crippen molar-refractivity contribution >= 4 is 11.7 Å². The smallest absolute Gasteiger partial charge is 0.418 e. The first kappa shape index (κ1) is 16.5. The second-order valence-electron chi connectivity index (χ2n) is 5.51. The van der Waals surface area contributed by atoms with Crippen LogP contribution in [0.15, 0.2) is 18.2 Å². The Morgan fingerprint density at radius 3 is 2.50 bits per heavy atom. The van der Waals surface area contributed by atoms with Gasteiger partial charge >= 0.3 is 12.2 Å². The van der Waals surface area contributed by atoms with Gasteiger partial charge in [-0.15, -0.1) is 0 Å². The Morgan fingerprint density at radius 2 is 1.95 bits per heavy atom. The minimum absolute atomic E-state index is 0.0946. The number of nitrogens with zero attached hydrogens (tertiary/aromatic N) is 1. The SMILES string of the molecule is COc1ccc(NC(=O)N2CCC(C)CC2)c(C(F)(F)F)c1. The lowest BCUT2D eigenvalue weighted by Gasteiger charge is -2.30. The molecule has 0 spiro atoms. The quantitative estimate of drug-likeness (QED) is 0.897. The third kappa shape index (κ3) is 3.84. The van der Waals surface area contributed by atoms with Gasteiger partial charge in [0.1, 0.15) is 5.75 Å². The summed E-state index contributed by atoms with van der Waals surface area (Å²) in [5.41, 5.74) is -1.16. The van der Waals surface area contributed by atoms with E-state index in [1.165, 1.54) is 19.2 Å². The Labute approximate surface area is 127 Å². The van der Waals surface area contributed by atoms with Crippen molar-refractivity contribution in [2.45, 2.75) is 25.9 Å². The van der Waals surface area contributed by atoms with Crippen molar-refractivity contribution in [3.8, 4) is 5.75 Å². The number of halogens is 3. The Kier molecular flexibility index (Phi) is 4.83. The second-order valence-corrected chi connectivity index (χ2v) is 5.51. The molecule has 1 fully saturated rings. The summed E-state index contributed by atoms with van der Waals surface area (Å²) in [5.74, 6) is 0.632. The highest BCUT2D eigenvalue weighted by Gasteiger charge is 2.35. The van der Waals surface area contributed by atoms with Crippen LogP contribution in [0.25, 0.3) is 0 Å². The second kappa shape index (κ2) is 6.46. The van der Waals surface area contributed by atoms with Gasteiger partial charge in [0, 0.05) is 13.1 Å². The Hall–Kier alpha value is -1.92. The zero-order valence-electron chi connectivity index (χ0n) is 12.5. The fourth-order valence-electron chi connectivity index (χ4n) is 2.40. The van der Waals surface area contributed by atoms with Gasteiger partial charge in [-0.2, -0.15) is 13.2 Å². The number of methoxy groups -OCH3 is 1. The molecule has 1 saturated heterocycles. The van der Waals surface area contributed by atoms with Crippen LogP contribution in [0.2, 0.25) is 0 Å². The molecule has 0 bridgehead atoms. The van der Waals surface area contributed by atoms with E-state index >= 15 is 0 Å². The molecular formula is C15H19F3N2O2. The van der Waals surface area contributed by atoms with E-state index in [0.717, 1.165) is 18.9 Å². The van der Waals surface area contributed by atoms with E-state index < -0.39 is 17.8 Å². The van der Waals surface area contributed by atoms with Crippen LogP contribution in [-0.2, 0) is 6.18 Å². The molecular weight excluding hydrogens is 297 g/mol. The first-order chi connectivity index (χ1) is 10.3. The number of amides is 2. The van der Waals surface area contributed by atoms with Crippen molar-refractivity contribution in [2.24, 2.45) is 5.92 Å². The summed E-state index contributed by atoms with van der Waals surface area (Å²) in [5, 5.41) is 2.36. The minimum atomic E-state index is -4.56. The molecule has 1 N–H and O–H groups in total. The molecule has 22 heavy (non-hydrogen) atoms. The van der Waals surface area contributed by atoms with E-state index in [1.807, 2.05) is 0 Å². The maximum Gasteiger partial charge on any atom is 0.418 e. The maximum absolute atomic E-state index is 13.1. The Bertz CT molecular complexity index is 538. The summed E-state index contributed by atoms with van der Waals surface area (Å²) in [6, 6.07) is 2.99. The largest absolute Gasteiger partial charge is 0.497 e. The van der Waals surface area contributed by atoms with Crippen molar-refractivity contribution in [1.29, 1.82) is 0 Å². The summed E-state index contributed by atoms with van der Waals surface area (Å²) in [6.45, 7) is 3.22. The van der Waals surface area contributed by atoms with Gasteiger partial charge in [-0.3, -0.25) is 0 Å². The molecule has 2 amide bonds. The van der Waals surface area contributed by atoms with Crippen molar-refractivity contribution in [2.75, 3.05) is 25.5 Å². The third-order valence-corrected chi connectivity index (χ3v) is 3.84. The summed E-state index contributed by atoms with van der Waals surface area (Å²) in [4.78, 5) is 13.7. The van der Waals surface area contributed by atoms with Gasteiger partial charge in [0.25, 0.3) is 0 Å². The van der Waals surface area contributed by atoms with Crippen LogP contribution >= 0.6 is 0 Å². The number of rotatable bonds is 2. The molecule has 122 valence electrons. The summed E-state index contributed by atoms with van der Waals surface area (Å²) in [6.07, 6.45) is -2.84. The van der Waals surface area contributed by atoms with E-state index in [0.29, 0.717) is 19.0 Å². The number of carbonyl (C=O) groups excluding carboxylic acids is 1. The zero-order chi connectivity index (χ0) is 16.3. The highest BCUT2D eigenvalue weighted by atomic mass is 19.4. The molecule has 0 atom stereocenters. The monoisotopic (exact) mass is 316 g/mol. The van der Waals surface area contributed by atoms with Crippen molar-refractivity contribution < 1.29 is 22.7 Å². The predicted molar refractivity (Wildman–Crippen MR) is 77.0 cm³/mol. The topological polar surface area (TPSA) is 41.6 Å². The first-order valence-electron chi connectivity index (χ1n) is 7.12. The number of nitrogens with one attached hydrogen (secondary N) is 1. The summed E-state index contributed by atoms with van der Waals surface area (Å²) in [7, 11) is 1.29. The van der Waals surface area contributed by atoms with Gasteiger partial charge in [0.05, 0.1) is 18.4 Å². The van der Waals surface area contributed by atoms with E-state index in [9.17, 15) is 18.0 Å². The van der Waals surface area contributed by atoms with E-state index in [2.05, 4.69) is 12.2 Å². The lowest BCUT2D eigenvalue weighted by Crippen LogP contribution is -2.40. The molecule has 1 aliphatic heterocycles. The van der Waals surface area contributed by atoms with Crippen LogP contribution in [0.5, 0.6) is 5.75 Å². The molecule has 0 aliphatic carbocycles. The van der Waals surface area contributed by atoms with Gasteiger partial charge in [0.15, 0.2) is 0 Å². The van der Waals surface area contributed by atoms with Gasteiger partial charge in [0.2, 0.25) is 0 Å². The molecule has 7 heteroatoms. The molecule has 0 aromatic heterocycles. The van der Waals surface area contributed by atoms with Crippen molar-refractivity contribution in [3.05, 3.63) is 23.8 Å². The molecule has 1 aromatic carbocycles. The molecule has 2 rings (SSSR count). The Morgan fingerprint density at radius 1 is 1.32 bits per heavy atom. The van der Waals surface area contributed by atoms with E-state index in [1.54, 1.807) is 4.90 Å². The zero-order valence-corrected chi connectivity index (χ0v) is 12.5. The van der Waals surface area contributed by atoms with Crippen LogP contribution in [-0.4, -0.2) is 31.1 Å². The number of piperidine rings is 1. The highest BCUT2D eigenvalue weighted by Crippen LogP contribution is 2.37. The molecule has 1 aromatic rings. The molecule has 4 nitrogen and oxygen atoms in total. The predicted octanol–water partition coefficient (Wildman–Crippen LogP) is 3.98. The fraction of sp³-hybridized carbons (Fsp3) is 0.533. The van der Waals surface area contributed by atoms with Crippen LogP contribution in [0.1, 0.15) is 25.3 Å². The number of hydrogen-bond acceptors (Lipinski definition) is 2. The van der Waals surface area contributed by atoms with Crippen molar-refractivity contribution in [3.63, 3.8) is 0 Å². The molecule has 0 saturated carbocycles. The number of carbonyl (C=O) groups is 1. The van der Waals surface area contributed by atoms with Gasteiger partial charge < -0.3 is 15.0 Å². The van der Waals surface area contributed by atoms with Crippen LogP contribution in [0, 0.1) is 5.92 Å². The third-order valence-electron chi connectivity index (χ3n) is 3.84. The first-order valence-corrected chi connectivity index (χ1v) is 7.12. The molecule has 1 heterocycles. The number of urea groups is 1. The molecule has 0 unspecified atom stereocenters. The summed E-state index contributed by atoms with van der Waals surface area (Å²) < 4.78 is 44.1. The number of ether oxygens (including phenoxy) is 1. The number of hydrogen-bond donors (Lipinski definition) is 1. The number of alkyl halides is 3. The van der Waals surface area contributed by atoms with Crippen LogP contribution in [0.4, 0.5) is 23.7 Å². The number of likely N-dealkylation sites (tertiary alicyclic amines) is 1. The highest BCUT2D eigenvalue weighted by molar-refractivity contribution is 5.90. The minimum Gasteiger partial charge on any atom is -0.497 e. The number of benzene rings is 1. The molecule has 1 aliphatic rings. The normalized spacial score (nSPS) is 16.5. The van der Waals surface area contributed by atoms with E-state index in [-0.39, 0.29) is 11.4 Å². The fourth-order valence-corrected chi connectivity index (χ4v) is 2.40. The average molecular weight is 316 g/mol. The van der Waals surface area contributed by atoms with Gasteiger partial charge in [-0.25, -0.2) is 4.79 Å².